The molecule has 0 spiro atoms. The zero-order chi connectivity index (χ0) is 15.1. The predicted octanol–water partition coefficient (Wildman–Crippen LogP) is 2.07. The first-order chi connectivity index (χ1) is 10.7. The van der Waals surface area contributed by atoms with Crippen molar-refractivity contribution in [2.45, 2.75) is 38.8 Å². The third kappa shape index (κ3) is 2.83. The summed E-state index contributed by atoms with van der Waals surface area (Å²) in [4.78, 5) is 20.3. The SMILES string of the molecule is Cc1csc2nc(CN(CC3CCOC3)C3CC3)cc(=O)n12. The molecule has 2 aliphatic rings. The molecular formula is C16H21N3O2S. The number of aromatic nitrogens is 2. The predicted molar refractivity (Wildman–Crippen MR) is 86.4 cm³/mol. The lowest BCUT2D eigenvalue weighted by atomic mass is 10.1. The minimum Gasteiger partial charge on any atom is -0.381 e. The van der Waals surface area contributed by atoms with Gasteiger partial charge in [-0.2, -0.15) is 0 Å². The Morgan fingerprint density at radius 3 is 3.05 bits per heavy atom. The van der Waals surface area contributed by atoms with Gasteiger partial charge in [-0.15, -0.1) is 11.3 Å². The van der Waals surface area contributed by atoms with Gasteiger partial charge in [-0.1, -0.05) is 0 Å². The summed E-state index contributed by atoms with van der Waals surface area (Å²) in [6.07, 6.45) is 3.70. The van der Waals surface area contributed by atoms with Crippen molar-refractivity contribution in [2.24, 2.45) is 5.92 Å². The van der Waals surface area contributed by atoms with Crippen molar-refractivity contribution in [2.75, 3.05) is 19.8 Å². The number of nitrogens with zero attached hydrogens (tertiary/aromatic N) is 3. The number of thiazole rings is 1. The molecule has 0 N–H and O–H groups in total. The van der Waals surface area contributed by atoms with Crippen molar-refractivity contribution < 1.29 is 4.74 Å². The number of fused-ring (bicyclic) bond motifs is 1. The Labute approximate surface area is 133 Å². The molecule has 2 aromatic heterocycles. The minimum absolute atomic E-state index is 0.0405. The second-order valence-corrected chi connectivity index (χ2v) is 7.31. The van der Waals surface area contributed by atoms with E-state index in [4.69, 9.17) is 4.74 Å². The number of ether oxygens (including phenoxy) is 1. The van der Waals surface area contributed by atoms with Gasteiger partial charge < -0.3 is 4.74 Å². The van der Waals surface area contributed by atoms with Crippen molar-refractivity contribution in [1.82, 2.24) is 14.3 Å². The third-order valence-corrected chi connectivity index (χ3v) is 5.52. The van der Waals surface area contributed by atoms with Gasteiger partial charge in [0.25, 0.3) is 5.56 Å². The van der Waals surface area contributed by atoms with Gasteiger partial charge in [0.05, 0.1) is 12.3 Å². The second-order valence-electron chi connectivity index (χ2n) is 6.47. The highest BCUT2D eigenvalue weighted by molar-refractivity contribution is 7.15. The van der Waals surface area contributed by atoms with Crippen LogP contribution in [0, 0.1) is 12.8 Å². The fraction of sp³-hybridized carbons (Fsp3) is 0.625. The Bertz CT molecular complexity index is 729. The molecule has 1 atom stereocenters. The molecule has 22 heavy (non-hydrogen) atoms. The Balaban J connectivity index is 1.56. The van der Waals surface area contributed by atoms with E-state index in [-0.39, 0.29) is 5.56 Å². The molecule has 0 bridgehead atoms. The van der Waals surface area contributed by atoms with Gasteiger partial charge in [0.15, 0.2) is 4.96 Å². The molecule has 1 saturated heterocycles. The highest BCUT2D eigenvalue weighted by atomic mass is 32.1. The van der Waals surface area contributed by atoms with E-state index < -0.39 is 0 Å². The van der Waals surface area contributed by atoms with Gasteiger partial charge in [-0.25, -0.2) is 4.98 Å². The second kappa shape index (κ2) is 5.76. The Morgan fingerprint density at radius 1 is 1.45 bits per heavy atom. The van der Waals surface area contributed by atoms with E-state index in [1.54, 1.807) is 10.5 Å². The van der Waals surface area contributed by atoms with E-state index in [0.29, 0.717) is 12.0 Å². The minimum atomic E-state index is 0.0405. The average Bonchev–Trinajstić information content (AvgIpc) is 3.09. The smallest absolute Gasteiger partial charge is 0.259 e. The fourth-order valence-electron chi connectivity index (χ4n) is 3.23. The van der Waals surface area contributed by atoms with E-state index in [2.05, 4.69) is 9.88 Å². The summed E-state index contributed by atoms with van der Waals surface area (Å²) in [7, 11) is 0. The molecule has 1 unspecified atom stereocenters. The van der Waals surface area contributed by atoms with Gasteiger partial charge in [0, 0.05) is 42.9 Å². The summed E-state index contributed by atoms with van der Waals surface area (Å²) in [6, 6.07) is 2.37. The molecule has 5 nitrogen and oxygen atoms in total. The largest absolute Gasteiger partial charge is 0.381 e. The van der Waals surface area contributed by atoms with Crippen LogP contribution in [0.2, 0.25) is 0 Å². The average molecular weight is 319 g/mol. The van der Waals surface area contributed by atoms with E-state index in [0.717, 1.165) is 49.1 Å². The molecule has 2 fully saturated rings. The first-order valence-electron chi connectivity index (χ1n) is 7.99. The molecule has 1 aliphatic heterocycles. The van der Waals surface area contributed by atoms with Gasteiger partial charge in [0.2, 0.25) is 0 Å². The third-order valence-electron chi connectivity index (χ3n) is 4.57. The van der Waals surface area contributed by atoms with Crippen LogP contribution in [-0.4, -0.2) is 40.1 Å². The molecule has 0 amide bonds. The standard InChI is InChI=1S/C16H21N3O2S/c1-11-10-22-16-17-13(6-15(20)19(11)16)8-18(14-2-3-14)7-12-4-5-21-9-12/h6,10,12,14H,2-5,7-9H2,1H3. The molecular weight excluding hydrogens is 298 g/mol. The summed E-state index contributed by atoms with van der Waals surface area (Å²) >= 11 is 1.54. The maximum Gasteiger partial charge on any atom is 0.259 e. The maximum absolute atomic E-state index is 12.3. The quantitative estimate of drug-likeness (QED) is 0.846. The summed E-state index contributed by atoms with van der Waals surface area (Å²) in [5.74, 6) is 0.634. The van der Waals surface area contributed by atoms with Crippen LogP contribution in [0.3, 0.4) is 0 Å². The molecule has 2 aromatic rings. The van der Waals surface area contributed by atoms with E-state index in [1.165, 1.54) is 24.2 Å². The number of hydrogen-bond donors (Lipinski definition) is 0. The van der Waals surface area contributed by atoms with Gasteiger partial charge in [0.1, 0.15) is 0 Å². The first-order valence-corrected chi connectivity index (χ1v) is 8.87. The van der Waals surface area contributed by atoms with Crippen LogP contribution in [0.1, 0.15) is 30.7 Å². The number of hydrogen-bond acceptors (Lipinski definition) is 5. The van der Waals surface area contributed by atoms with Crippen LogP contribution >= 0.6 is 11.3 Å². The monoisotopic (exact) mass is 319 g/mol. The van der Waals surface area contributed by atoms with E-state index in [1.807, 2.05) is 12.3 Å². The highest BCUT2D eigenvalue weighted by Crippen LogP contribution is 2.30. The summed E-state index contributed by atoms with van der Waals surface area (Å²) < 4.78 is 7.19. The normalized spacial score (nSPS) is 22.0. The molecule has 4 rings (SSSR count). The van der Waals surface area contributed by atoms with Crippen LogP contribution in [0.25, 0.3) is 4.96 Å². The van der Waals surface area contributed by atoms with Gasteiger partial charge >= 0.3 is 0 Å². The fourth-order valence-corrected chi connectivity index (χ4v) is 4.12. The Hall–Kier alpha value is -1.24. The van der Waals surface area contributed by atoms with Gasteiger partial charge in [-0.05, 0) is 32.1 Å². The van der Waals surface area contributed by atoms with Crippen LogP contribution in [0.15, 0.2) is 16.2 Å². The maximum atomic E-state index is 12.3. The molecule has 0 aromatic carbocycles. The number of aryl methyl sites for hydroxylation is 1. The molecule has 118 valence electrons. The lowest BCUT2D eigenvalue weighted by molar-refractivity contribution is 0.161. The Morgan fingerprint density at radius 2 is 2.32 bits per heavy atom. The lowest BCUT2D eigenvalue weighted by Crippen LogP contribution is -2.32. The summed E-state index contributed by atoms with van der Waals surface area (Å²) in [5.41, 5.74) is 1.91. The molecule has 0 radical (unpaired) electrons. The molecule has 1 saturated carbocycles. The van der Waals surface area contributed by atoms with Crippen molar-refractivity contribution in [3.05, 3.63) is 33.2 Å². The van der Waals surface area contributed by atoms with Crippen LogP contribution in [-0.2, 0) is 11.3 Å². The molecule has 6 heteroatoms. The van der Waals surface area contributed by atoms with Crippen molar-refractivity contribution >= 4 is 16.3 Å². The topological polar surface area (TPSA) is 46.8 Å². The van der Waals surface area contributed by atoms with E-state index in [9.17, 15) is 4.79 Å². The zero-order valence-electron chi connectivity index (χ0n) is 12.8. The Kier molecular flexibility index (Phi) is 3.76. The number of rotatable bonds is 5. The van der Waals surface area contributed by atoms with Crippen molar-refractivity contribution in [1.29, 1.82) is 0 Å². The lowest BCUT2D eigenvalue weighted by Gasteiger charge is -2.24. The summed E-state index contributed by atoms with van der Waals surface area (Å²) in [6.45, 7) is 5.56. The molecule has 3 heterocycles. The first kappa shape index (κ1) is 14.4. The van der Waals surface area contributed by atoms with Crippen LogP contribution in [0.4, 0.5) is 0 Å². The zero-order valence-corrected chi connectivity index (χ0v) is 13.6. The van der Waals surface area contributed by atoms with Crippen molar-refractivity contribution in [3.8, 4) is 0 Å². The van der Waals surface area contributed by atoms with Crippen molar-refractivity contribution in [3.63, 3.8) is 0 Å². The highest BCUT2D eigenvalue weighted by Gasteiger charge is 2.32. The van der Waals surface area contributed by atoms with Crippen LogP contribution < -0.4 is 5.56 Å². The van der Waals surface area contributed by atoms with Gasteiger partial charge in [-0.3, -0.25) is 14.1 Å². The van der Waals surface area contributed by atoms with E-state index >= 15 is 0 Å². The van der Waals surface area contributed by atoms with Crippen LogP contribution in [0.5, 0.6) is 0 Å². The molecule has 1 aliphatic carbocycles. The summed E-state index contributed by atoms with van der Waals surface area (Å²) in [5, 5.41) is 1.99.